The van der Waals surface area contributed by atoms with Gasteiger partial charge in [0.15, 0.2) is 5.82 Å². The highest BCUT2D eigenvalue weighted by Gasteiger charge is 2.33. The maximum absolute atomic E-state index is 5.91. The van der Waals surface area contributed by atoms with Crippen LogP contribution in [0.4, 0.5) is 0 Å². The highest BCUT2D eigenvalue weighted by atomic mass is 16.5. The molecule has 2 N–H and O–H groups in total. The molecule has 5 nitrogen and oxygen atoms in total. The fourth-order valence-electron chi connectivity index (χ4n) is 2.83. The van der Waals surface area contributed by atoms with Gasteiger partial charge in [-0.25, -0.2) is 9.97 Å². The Bertz CT molecular complexity index is 412. The molecule has 0 amide bonds. The van der Waals surface area contributed by atoms with Crippen LogP contribution >= 0.6 is 0 Å². The third-order valence-electron chi connectivity index (χ3n) is 3.81. The summed E-state index contributed by atoms with van der Waals surface area (Å²) < 4.78 is 5.91. The zero-order valence-electron chi connectivity index (χ0n) is 10.6. The highest BCUT2D eigenvalue weighted by molar-refractivity contribution is 5.06. The molecule has 0 bridgehead atoms. The van der Waals surface area contributed by atoms with Crippen LogP contribution < -0.4 is 5.73 Å². The molecule has 0 spiro atoms. The monoisotopic (exact) mass is 248 g/mol. The van der Waals surface area contributed by atoms with Crippen LogP contribution in [0.5, 0.6) is 0 Å². The lowest BCUT2D eigenvalue weighted by Crippen LogP contribution is -2.42. The van der Waals surface area contributed by atoms with Crippen molar-refractivity contribution in [3.63, 3.8) is 0 Å². The molecule has 0 saturated carbocycles. The summed E-state index contributed by atoms with van der Waals surface area (Å²) in [5.41, 5.74) is 6.57. The Balaban J connectivity index is 1.72. The SMILES string of the molecule is NCCc1ccnc(C2CN3CCCC3CO2)n1. The van der Waals surface area contributed by atoms with Gasteiger partial charge in [-0.1, -0.05) is 0 Å². The number of nitrogens with zero attached hydrogens (tertiary/aromatic N) is 3. The third kappa shape index (κ3) is 2.39. The lowest BCUT2D eigenvalue weighted by molar-refractivity contribution is -0.0542. The largest absolute Gasteiger partial charge is 0.367 e. The minimum atomic E-state index is 0.0251. The predicted octanol–water partition coefficient (Wildman–Crippen LogP) is 0.513. The number of ether oxygens (including phenoxy) is 1. The molecular formula is C13H20N4O. The van der Waals surface area contributed by atoms with Crippen LogP contribution in [0.25, 0.3) is 0 Å². The van der Waals surface area contributed by atoms with Gasteiger partial charge >= 0.3 is 0 Å². The number of hydrogen-bond donors (Lipinski definition) is 1. The van der Waals surface area contributed by atoms with Crippen molar-refractivity contribution < 1.29 is 4.74 Å². The van der Waals surface area contributed by atoms with Gasteiger partial charge in [0.1, 0.15) is 6.10 Å². The average molecular weight is 248 g/mol. The van der Waals surface area contributed by atoms with E-state index in [2.05, 4.69) is 14.9 Å². The Morgan fingerprint density at radius 2 is 2.44 bits per heavy atom. The molecule has 1 aromatic heterocycles. The van der Waals surface area contributed by atoms with Crippen LogP contribution in [0.15, 0.2) is 12.3 Å². The minimum absolute atomic E-state index is 0.0251. The smallest absolute Gasteiger partial charge is 0.158 e. The van der Waals surface area contributed by atoms with Gasteiger partial charge in [-0.15, -0.1) is 0 Å². The second-order valence-electron chi connectivity index (χ2n) is 5.06. The van der Waals surface area contributed by atoms with Gasteiger partial charge < -0.3 is 10.5 Å². The van der Waals surface area contributed by atoms with E-state index in [0.717, 1.165) is 31.1 Å². The number of nitrogens with two attached hydrogens (primary N) is 1. The van der Waals surface area contributed by atoms with Gasteiger partial charge in [0.05, 0.1) is 6.61 Å². The standard InChI is InChI=1S/C13H20N4O/c14-5-3-10-4-6-15-13(16-10)12-8-17-7-1-2-11(17)9-18-12/h4,6,11-12H,1-3,5,7-9,14H2. The van der Waals surface area contributed by atoms with Gasteiger partial charge in [-0.2, -0.15) is 0 Å². The maximum atomic E-state index is 5.91. The fraction of sp³-hybridized carbons (Fsp3) is 0.692. The first kappa shape index (κ1) is 12.0. The van der Waals surface area contributed by atoms with E-state index in [0.29, 0.717) is 12.6 Å². The topological polar surface area (TPSA) is 64.3 Å². The summed E-state index contributed by atoms with van der Waals surface area (Å²) >= 11 is 0. The summed E-state index contributed by atoms with van der Waals surface area (Å²) in [5.74, 6) is 0.811. The van der Waals surface area contributed by atoms with Crippen molar-refractivity contribution in [2.75, 3.05) is 26.2 Å². The van der Waals surface area contributed by atoms with E-state index >= 15 is 0 Å². The normalized spacial score (nSPS) is 28.3. The van der Waals surface area contributed by atoms with Crippen LogP contribution in [-0.2, 0) is 11.2 Å². The molecule has 2 saturated heterocycles. The molecule has 2 aliphatic rings. The van der Waals surface area contributed by atoms with Crippen molar-refractivity contribution in [2.24, 2.45) is 5.73 Å². The maximum Gasteiger partial charge on any atom is 0.158 e. The van der Waals surface area contributed by atoms with Crippen LogP contribution in [0.3, 0.4) is 0 Å². The zero-order chi connectivity index (χ0) is 12.4. The molecule has 2 fully saturated rings. The molecule has 2 atom stereocenters. The quantitative estimate of drug-likeness (QED) is 0.844. The van der Waals surface area contributed by atoms with Crippen LogP contribution in [0.1, 0.15) is 30.5 Å². The summed E-state index contributed by atoms with van der Waals surface area (Å²) in [7, 11) is 0. The number of morpholine rings is 1. The van der Waals surface area contributed by atoms with Gasteiger partial charge in [-0.3, -0.25) is 4.90 Å². The highest BCUT2D eigenvalue weighted by Crippen LogP contribution is 2.28. The zero-order valence-corrected chi connectivity index (χ0v) is 10.6. The van der Waals surface area contributed by atoms with Gasteiger partial charge in [-0.05, 0) is 32.0 Å². The third-order valence-corrected chi connectivity index (χ3v) is 3.81. The molecule has 0 aromatic carbocycles. The van der Waals surface area contributed by atoms with Gasteiger partial charge in [0, 0.05) is 30.9 Å². The Labute approximate surface area is 107 Å². The summed E-state index contributed by atoms with van der Waals surface area (Å²) in [6.07, 6.45) is 5.19. The van der Waals surface area contributed by atoms with E-state index < -0.39 is 0 Å². The van der Waals surface area contributed by atoms with E-state index in [1.54, 1.807) is 0 Å². The van der Waals surface area contributed by atoms with Crippen LogP contribution in [-0.4, -0.2) is 47.2 Å². The van der Waals surface area contributed by atoms with Crippen molar-refractivity contribution in [1.29, 1.82) is 0 Å². The first-order chi connectivity index (χ1) is 8.86. The van der Waals surface area contributed by atoms with E-state index in [1.165, 1.54) is 19.4 Å². The molecular weight excluding hydrogens is 228 g/mol. The van der Waals surface area contributed by atoms with E-state index in [1.807, 2.05) is 12.3 Å². The molecule has 3 rings (SSSR count). The fourth-order valence-corrected chi connectivity index (χ4v) is 2.83. The van der Waals surface area contributed by atoms with E-state index in [4.69, 9.17) is 10.5 Å². The van der Waals surface area contributed by atoms with Crippen molar-refractivity contribution in [3.8, 4) is 0 Å². The molecule has 1 aromatic rings. The predicted molar refractivity (Wildman–Crippen MR) is 68.1 cm³/mol. The van der Waals surface area contributed by atoms with Crippen molar-refractivity contribution in [2.45, 2.75) is 31.4 Å². The van der Waals surface area contributed by atoms with Crippen molar-refractivity contribution in [1.82, 2.24) is 14.9 Å². The summed E-state index contributed by atoms with van der Waals surface area (Å²) in [6, 6.07) is 2.55. The first-order valence-corrected chi connectivity index (χ1v) is 6.74. The summed E-state index contributed by atoms with van der Waals surface area (Å²) in [5, 5.41) is 0. The summed E-state index contributed by atoms with van der Waals surface area (Å²) in [4.78, 5) is 11.4. The first-order valence-electron chi connectivity index (χ1n) is 6.74. The number of fused-ring (bicyclic) bond motifs is 1. The summed E-state index contributed by atoms with van der Waals surface area (Å²) in [6.45, 7) is 3.55. The lowest BCUT2D eigenvalue weighted by Gasteiger charge is -2.34. The number of hydrogen-bond acceptors (Lipinski definition) is 5. The van der Waals surface area contributed by atoms with Gasteiger partial charge in [0.25, 0.3) is 0 Å². The number of rotatable bonds is 3. The van der Waals surface area contributed by atoms with Gasteiger partial charge in [0.2, 0.25) is 0 Å². The molecule has 3 heterocycles. The molecule has 98 valence electrons. The molecule has 0 radical (unpaired) electrons. The van der Waals surface area contributed by atoms with Crippen molar-refractivity contribution >= 4 is 0 Å². The molecule has 0 aliphatic carbocycles. The lowest BCUT2D eigenvalue weighted by atomic mass is 10.2. The van der Waals surface area contributed by atoms with Crippen LogP contribution in [0.2, 0.25) is 0 Å². The average Bonchev–Trinajstić information content (AvgIpc) is 2.86. The second-order valence-corrected chi connectivity index (χ2v) is 5.06. The molecule has 18 heavy (non-hydrogen) atoms. The second kappa shape index (κ2) is 5.30. The minimum Gasteiger partial charge on any atom is -0.367 e. The Morgan fingerprint density at radius 3 is 3.33 bits per heavy atom. The van der Waals surface area contributed by atoms with Crippen molar-refractivity contribution in [3.05, 3.63) is 23.8 Å². The molecule has 5 heteroatoms. The molecule has 2 unspecified atom stereocenters. The Kier molecular flexibility index (Phi) is 3.54. The van der Waals surface area contributed by atoms with Crippen LogP contribution in [0, 0.1) is 0 Å². The van der Waals surface area contributed by atoms with E-state index in [9.17, 15) is 0 Å². The Morgan fingerprint density at radius 1 is 1.50 bits per heavy atom. The number of aromatic nitrogens is 2. The Hall–Kier alpha value is -1.04. The molecule has 2 aliphatic heterocycles. The van der Waals surface area contributed by atoms with E-state index in [-0.39, 0.29) is 6.10 Å².